The van der Waals surface area contributed by atoms with Gasteiger partial charge in [0.25, 0.3) is 5.85 Å². The van der Waals surface area contributed by atoms with E-state index < -0.39 is 42.9 Å². The van der Waals surface area contributed by atoms with Gasteiger partial charge in [0.15, 0.2) is 6.10 Å². The topological polar surface area (TPSA) is 102 Å². The summed E-state index contributed by atoms with van der Waals surface area (Å²) in [4.78, 5) is 24.1. The fourth-order valence-electron chi connectivity index (χ4n) is 2.59. The van der Waals surface area contributed by atoms with Gasteiger partial charge in [0.2, 0.25) is 6.29 Å². The zero-order valence-electron chi connectivity index (χ0n) is 14.0. The molecule has 0 saturated carbocycles. The number of ether oxygens (including phenoxy) is 3. The van der Waals surface area contributed by atoms with E-state index >= 15 is 0 Å². The highest BCUT2D eigenvalue weighted by Gasteiger charge is 2.59. The molecule has 1 saturated heterocycles. The van der Waals surface area contributed by atoms with Crippen molar-refractivity contribution >= 4 is 11.9 Å². The summed E-state index contributed by atoms with van der Waals surface area (Å²) in [6, 6.07) is 15.7. The first-order chi connectivity index (χ1) is 12.9. The molecule has 2 N–H and O–H groups in total. The monoisotopic (exact) mass is 376 g/mol. The van der Waals surface area contributed by atoms with Crippen molar-refractivity contribution in [3.63, 3.8) is 0 Å². The predicted octanol–water partition coefficient (Wildman–Crippen LogP) is 1.44. The van der Waals surface area contributed by atoms with Crippen LogP contribution >= 0.6 is 0 Å². The lowest BCUT2D eigenvalue weighted by molar-refractivity contribution is -0.239. The van der Waals surface area contributed by atoms with E-state index in [-0.39, 0.29) is 11.1 Å². The van der Waals surface area contributed by atoms with Gasteiger partial charge in [-0.3, -0.25) is 0 Å². The van der Waals surface area contributed by atoms with Gasteiger partial charge in [-0.25, -0.2) is 14.0 Å². The Bertz CT molecular complexity index is 794. The average molecular weight is 376 g/mol. The van der Waals surface area contributed by atoms with E-state index in [1.54, 1.807) is 36.4 Å². The number of halogens is 1. The van der Waals surface area contributed by atoms with Crippen LogP contribution in [0.4, 0.5) is 4.39 Å². The van der Waals surface area contributed by atoms with Gasteiger partial charge in [-0.2, -0.15) is 0 Å². The lowest BCUT2D eigenvalue weighted by atomic mass is 10.1. The molecule has 1 fully saturated rings. The van der Waals surface area contributed by atoms with E-state index in [1.165, 1.54) is 24.3 Å². The summed E-state index contributed by atoms with van der Waals surface area (Å²) in [6.45, 7) is -0.538. The number of alkyl halides is 1. The lowest BCUT2D eigenvalue weighted by Crippen LogP contribution is -2.47. The molecule has 0 amide bonds. The van der Waals surface area contributed by atoms with E-state index in [2.05, 4.69) is 0 Å². The number of carbonyl (C=O) groups excluding carboxylic acids is 2. The SMILES string of the molecule is O=C(OC[C@H]1OC(O)[C@](O)(F)[C@@H]1OC(=O)c1ccccc1)c1ccccc1. The van der Waals surface area contributed by atoms with E-state index in [0.29, 0.717) is 0 Å². The normalized spacial score (nSPS) is 27.1. The Kier molecular flexibility index (Phi) is 5.50. The fourth-order valence-corrected chi connectivity index (χ4v) is 2.59. The Labute approximate surface area is 153 Å². The third-order valence-electron chi connectivity index (χ3n) is 4.02. The molecule has 2 aromatic rings. The molecule has 3 rings (SSSR count). The van der Waals surface area contributed by atoms with Crippen molar-refractivity contribution in [2.45, 2.75) is 24.4 Å². The van der Waals surface area contributed by atoms with Crippen molar-refractivity contribution in [1.82, 2.24) is 0 Å². The molecular weight excluding hydrogens is 359 g/mol. The standard InChI is InChI=1S/C19H17FO7/c20-19(24)15(27-17(22)13-9-5-2-6-10-13)14(26-18(19)23)11-25-16(21)12-7-3-1-4-8-12/h1-10,14-15,18,23-24H,11H2/t14-,15-,18?,19+/m1/s1. The Morgan fingerprint density at radius 3 is 2.07 bits per heavy atom. The van der Waals surface area contributed by atoms with Gasteiger partial charge < -0.3 is 24.4 Å². The van der Waals surface area contributed by atoms with Crippen LogP contribution in [0.3, 0.4) is 0 Å². The molecule has 1 aliphatic rings. The van der Waals surface area contributed by atoms with Crippen LogP contribution in [0.5, 0.6) is 0 Å². The average Bonchev–Trinajstić information content (AvgIpc) is 2.90. The Balaban J connectivity index is 1.69. The van der Waals surface area contributed by atoms with Gasteiger partial charge >= 0.3 is 11.9 Å². The Morgan fingerprint density at radius 1 is 1.00 bits per heavy atom. The van der Waals surface area contributed by atoms with Gasteiger partial charge in [0, 0.05) is 0 Å². The van der Waals surface area contributed by atoms with Crippen LogP contribution in [0.2, 0.25) is 0 Å². The maximum atomic E-state index is 14.4. The summed E-state index contributed by atoms with van der Waals surface area (Å²) < 4.78 is 29.3. The second-order valence-electron chi connectivity index (χ2n) is 5.91. The number of carbonyl (C=O) groups is 2. The summed E-state index contributed by atoms with van der Waals surface area (Å²) in [6.07, 6.45) is -5.54. The van der Waals surface area contributed by atoms with Crippen molar-refractivity contribution in [2.75, 3.05) is 6.61 Å². The van der Waals surface area contributed by atoms with Gasteiger partial charge in [-0.15, -0.1) is 0 Å². The molecule has 142 valence electrons. The maximum absolute atomic E-state index is 14.4. The third kappa shape index (κ3) is 4.13. The zero-order chi connectivity index (χ0) is 19.4. The van der Waals surface area contributed by atoms with Crippen LogP contribution in [0.25, 0.3) is 0 Å². The number of hydrogen-bond donors (Lipinski definition) is 2. The second-order valence-corrected chi connectivity index (χ2v) is 5.91. The molecule has 0 radical (unpaired) electrons. The zero-order valence-corrected chi connectivity index (χ0v) is 14.0. The second kappa shape index (κ2) is 7.83. The number of aliphatic hydroxyl groups is 2. The molecule has 0 bridgehead atoms. The van der Waals surface area contributed by atoms with Crippen molar-refractivity contribution in [2.24, 2.45) is 0 Å². The number of hydrogen-bond acceptors (Lipinski definition) is 7. The highest BCUT2D eigenvalue weighted by atomic mass is 19.2. The lowest BCUT2D eigenvalue weighted by Gasteiger charge is -2.24. The molecular formula is C19H17FO7. The van der Waals surface area contributed by atoms with Crippen LogP contribution in [0.15, 0.2) is 60.7 Å². The summed E-state index contributed by atoms with van der Waals surface area (Å²) in [5, 5.41) is 19.4. The van der Waals surface area contributed by atoms with Crippen LogP contribution in [0, 0.1) is 0 Å². The number of benzene rings is 2. The minimum atomic E-state index is -3.35. The Hall–Kier alpha value is -2.81. The largest absolute Gasteiger partial charge is 0.459 e. The summed E-state index contributed by atoms with van der Waals surface area (Å²) >= 11 is 0. The summed E-state index contributed by atoms with van der Waals surface area (Å²) in [7, 11) is 0. The van der Waals surface area contributed by atoms with E-state index in [4.69, 9.17) is 14.2 Å². The first-order valence-electron chi connectivity index (χ1n) is 8.12. The fraction of sp³-hybridized carbons (Fsp3) is 0.263. The van der Waals surface area contributed by atoms with Gasteiger partial charge in [-0.1, -0.05) is 36.4 Å². The molecule has 27 heavy (non-hydrogen) atoms. The summed E-state index contributed by atoms with van der Waals surface area (Å²) in [5.41, 5.74) is 0.374. The molecule has 1 heterocycles. The molecule has 0 aliphatic carbocycles. The van der Waals surface area contributed by atoms with E-state index in [1.807, 2.05) is 0 Å². The minimum Gasteiger partial charge on any atom is -0.459 e. The van der Waals surface area contributed by atoms with Gasteiger partial charge in [-0.05, 0) is 24.3 Å². The molecule has 0 aromatic heterocycles. The highest BCUT2D eigenvalue weighted by Crippen LogP contribution is 2.34. The molecule has 2 aromatic carbocycles. The molecule has 0 spiro atoms. The summed E-state index contributed by atoms with van der Waals surface area (Å²) in [5.74, 6) is -4.99. The van der Waals surface area contributed by atoms with Crippen LogP contribution in [-0.4, -0.2) is 53.1 Å². The minimum absolute atomic E-state index is 0.120. The molecule has 1 unspecified atom stereocenters. The van der Waals surface area contributed by atoms with Gasteiger partial charge in [0.05, 0.1) is 11.1 Å². The van der Waals surface area contributed by atoms with E-state index in [9.17, 15) is 24.2 Å². The number of aliphatic hydroxyl groups excluding tert-OH is 1. The van der Waals surface area contributed by atoms with Crippen LogP contribution in [0.1, 0.15) is 20.7 Å². The molecule has 4 atom stereocenters. The van der Waals surface area contributed by atoms with Crippen molar-refractivity contribution in [3.8, 4) is 0 Å². The van der Waals surface area contributed by atoms with Crippen LogP contribution < -0.4 is 0 Å². The number of rotatable bonds is 5. The first-order valence-corrected chi connectivity index (χ1v) is 8.12. The van der Waals surface area contributed by atoms with Crippen molar-refractivity contribution < 1.29 is 38.4 Å². The number of esters is 2. The first kappa shape index (κ1) is 19.0. The maximum Gasteiger partial charge on any atom is 0.338 e. The molecule has 1 aliphatic heterocycles. The highest BCUT2D eigenvalue weighted by molar-refractivity contribution is 5.90. The quantitative estimate of drug-likeness (QED) is 0.762. The molecule has 7 nitrogen and oxygen atoms in total. The van der Waals surface area contributed by atoms with Crippen LogP contribution in [-0.2, 0) is 14.2 Å². The Morgan fingerprint density at radius 2 is 1.52 bits per heavy atom. The van der Waals surface area contributed by atoms with E-state index in [0.717, 1.165) is 0 Å². The molecule has 8 heteroatoms. The van der Waals surface area contributed by atoms with Crippen molar-refractivity contribution in [1.29, 1.82) is 0 Å². The van der Waals surface area contributed by atoms with Crippen molar-refractivity contribution in [3.05, 3.63) is 71.8 Å². The van der Waals surface area contributed by atoms with Gasteiger partial charge in [0.1, 0.15) is 12.7 Å². The predicted molar refractivity (Wildman–Crippen MR) is 89.3 cm³/mol. The third-order valence-corrected chi connectivity index (χ3v) is 4.02. The smallest absolute Gasteiger partial charge is 0.338 e.